The van der Waals surface area contributed by atoms with Gasteiger partial charge in [-0.1, -0.05) is 0 Å². The highest BCUT2D eigenvalue weighted by molar-refractivity contribution is 5.29. The molecule has 0 aromatic carbocycles. The molecule has 4 nitrogen and oxygen atoms in total. The summed E-state index contributed by atoms with van der Waals surface area (Å²) in [5.74, 6) is 0. The first-order valence-electron chi connectivity index (χ1n) is 5.15. The lowest BCUT2D eigenvalue weighted by Gasteiger charge is -2.05. The third-order valence-electron chi connectivity index (χ3n) is 2.34. The lowest BCUT2D eigenvalue weighted by Crippen LogP contribution is -2.07. The normalized spacial score (nSPS) is 13.6. The second kappa shape index (κ2) is 4.41. The van der Waals surface area contributed by atoms with Crippen LogP contribution in [0.15, 0.2) is 30.6 Å². The molecule has 0 aliphatic carbocycles. The smallest absolute Gasteiger partial charge is 0.387 e. The van der Waals surface area contributed by atoms with E-state index in [0.717, 1.165) is 10.7 Å². The van der Waals surface area contributed by atoms with Crippen LogP contribution >= 0.6 is 0 Å². The van der Waals surface area contributed by atoms with Crippen molar-refractivity contribution in [1.29, 1.82) is 0 Å². The van der Waals surface area contributed by atoms with E-state index in [0.29, 0.717) is 11.4 Å². The van der Waals surface area contributed by atoms with E-state index in [2.05, 4.69) is 10.1 Å². The Labute approximate surface area is 101 Å². The molecule has 2 heterocycles. The molecule has 1 atom stereocenters. The standard InChI is InChI=1S/C11H10F3N3O/c1-7(18)9-3-2-8(6-15-9)17-5-4-10(16-17)11(12,13)14/h2-7,18H,1H3. The summed E-state index contributed by atoms with van der Waals surface area (Å²) in [5, 5.41) is 12.7. The fourth-order valence-electron chi connectivity index (χ4n) is 1.40. The van der Waals surface area contributed by atoms with Crippen LogP contribution in [0.5, 0.6) is 0 Å². The van der Waals surface area contributed by atoms with Gasteiger partial charge >= 0.3 is 6.18 Å². The van der Waals surface area contributed by atoms with Gasteiger partial charge in [0.25, 0.3) is 0 Å². The van der Waals surface area contributed by atoms with Crippen molar-refractivity contribution in [2.75, 3.05) is 0 Å². The Hall–Kier alpha value is -1.89. The number of pyridine rings is 1. The summed E-state index contributed by atoms with van der Waals surface area (Å²) < 4.78 is 38.2. The number of aliphatic hydroxyl groups is 1. The summed E-state index contributed by atoms with van der Waals surface area (Å²) in [4.78, 5) is 3.93. The highest BCUT2D eigenvalue weighted by Crippen LogP contribution is 2.27. The Morgan fingerprint density at radius 2 is 2.00 bits per heavy atom. The monoisotopic (exact) mass is 257 g/mol. The van der Waals surface area contributed by atoms with Crippen LogP contribution in [0.3, 0.4) is 0 Å². The third kappa shape index (κ3) is 2.51. The van der Waals surface area contributed by atoms with Crippen LogP contribution in [-0.4, -0.2) is 19.9 Å². The molecule has 18 heavy (non-hydrogen) atoms. The molecule has 0 bridgehead atoms. The number of aromatic nitrogens is 3. The minimum atomic E-state index is -4.46. The van der Waals surface area contributed by atoms with Crippen LogP contribution in [0.25, 0.3) is 5.69 Å². The maximum Gasteiger partial charge on any atom is 0.435 e. The number of aliphatic hydroxyl groups excluding tert-OH is 1. The number of rotatable bonds is 2. The van der Waals surface area contributed by atoms with E-state index in [1.807, 2.05) is 0 Å². The zero-order valence-corrected chi connectivity index (χ0v) is 9.39. The van der Waals surface area contributed by atoms with Gasteiger partial charge in [-0.3, -0.25) is 4.98 Å². The average molecular weight is 257 g/mol. The van der Waals surface area contributed by atoms with Crippen LogP contribution in [0.4, 0.5) is 13.2 Å². The molecule has 0 aliphatic heterocycles. The minimum Gasteiger partial charge on any atom is -0.387 e. The van der Waals surface area contributed by atoms with Crippen LogP contribution < -0.4 is 0 Å². The predicted molar refractivity (Wildman–Crippen MR) is 57.0 cm³/mol. The van der Waals surface area contributed by atoms with E-state index in [9.17, 15) is 18.3 Å². The van der Waals surface area contributed by atoms with E-state index >= 15 is 0 Å². The molecular formula is C11H10F3N3O. The van der Waals surface area contributed by atoms with Crippen LogP contribution in [0.2, 0.25) is 0 Å². The van der Waals surface area contributed by atoms with Gasteiger partial charge in [-0.2, -0.15) is 18.3 Å². The van der Waals surface area contributed by atoms with E-state index in [4.69, 9.17) is 0 Å². The topological polar surface area (TPSA) is 50.9 Å². The Kier molecular flexibility index (Phi) is 3.08. The van der Waals surface area contributed by atoms with Gasteiger partial charge in [0, 0.05) is 6.20 Å². The first kappa shape index (κ1) is 12.6. The zero-order valence-electron chi connectivity index (χ0n) is 9.39. The van der Waals surface area contributed by atoms with Crippen molar-refractivity contribution in [3.8, 4) is 5.69 Å². The van der Waals surface area contributed by atoms with Gasteiger partial charge < -0.3 is 5.11 Å². The summed E-state index contributed by atoms with van der Waals surface area (Å²) in [6, 6.07) is 3.97. The lowest BCUT2D eigenvalue weighted by molar-refractivity contribution is -0.141. The summed E-state index contributed by atoms with van der Waals surface area (Å²) in [6.07, 6.45) is -2.61. The van der Waals surface area contributed by atoms with Crippen molar-refractivity contribution in [2.45, 2.75) is 19.2 Å². The molecule has 2 aromatic heterocycles. The largest absolute Gasteiger partial charge is 0.435 e. The first-order chi connectivity index (χ1) is 8.38. The van der Waals surface area contributed by atoms with Gasteiger partial charge in [-0.25, -0.2) is 4.68 Å². The van der Waals surface area contributed by atoms with Crippen molar-refractivity contribution >= 4 is 0 Å². The van der Waals surface area contributed by atoms with Gasteiger partial charge in [0.1, 0.15) is 0 Å². The van der Waals surface area contributed by atoms with Crippen molar-refractivity contribution in [2.24, 2.45) is 0 Å². The molecule has 1 N–H and O–H groups in total. The van der Waals surface area contributed by atoms with E-state index in [-0.39, 0.29) is 0 Å². The van der Waals surface area contributed by atoms with Crippen molar-refractivity contribution in [3.05, 3.63) is 42.0 Å². The molecule has 7 heteroatoms. The molecule has 1 unspecified atom stereocenters. The first-order valence-corrected chi connectivity index (χ1v) is 5.15. The molecular weight excluding hydrogens is 247 g/mol. The number of hydrogen-bond donors (Lipinski definition) is 1. The van der Waals surface area contributed by atoms with E-state index in [1.165, 1.54) is 18.5 Å². The molecule has 0 saturated heterocycles. The van der Waals surface area contributed by atoms with Gasteiger partial charge in [0.05, 0.1) is 23.7 Å². The van der Waals surface area contributed by atoms with E-state index in [1.54, 1.807) is 13.0 Å². The number of halogens is 3. The Bertz CT molecular complexity index is 531. The van der Waals surface area contributed by atoms with Gasteiger partial charge in [0.15, 0.2) is 5.69 Å². The molecule has 0 amide bonds. The zero-order chi connectivity index (χ0) is 13.3. The van der Waals surface area contributed by atoms with Crippen molar-refractivity contribution < 1.29 is 18.3 Å². The molecule has 0 fully saturated rings. The Morgan fingerprint density at radius 1 is 1.28 bits per heavy atom. The van der Waals surface area contributed by atoms with Gasteiger partial charge in [-0.05, 0) is 25.1 Å². The predicted octanol–water partition coefficient (Wildman–Crippen LogP) is 2.34. The quantitative estimate of drug-likeness (QED) is 0.898. The third-order valence-corrected chi connectivity index (χ3v) is 2.34. The minimum absolute atomic E-state index is 0.398. The lowest BCUT2D eigenvalue weighted by atomic mass is 10.2. The summed E-state index contributed by atoms with van der Waals surface area (Å²) in [6.45, 7) is 1.55. The van der Waals surface area contributed by atoms with Crippen LogP contribution in [0.1, 0.15) is 24.4 Å². The van der Waals surface area contributed by atoms with Crippen LogP contribution in [0, 0.1) is 0 Å². The molecule has 96 valence electrons. The molecule has 0 spiro atoms. The molecule has 0 aliphatic rings. The maximum absolute atomic E-state index is 12.4. The molecule has 2 rings (SSSR count). The number of alkyl halides is 3. The maximum atomic E-state index is 12.4. The summed E-state index contributed by atoms with van der Waals surface area (Å²) >= 11 is 0. The Morgan fingerprint density at radius 3 is 2.44 bits per heavy atom. The van der Waals surface area contributed by atoms with E-state index < -0.39 is 18.0 Å². The highest BCUT2D eigenvalue weighted by Gasteiger charge is 2.33. The van der Waals surface area contributed by atoms with Crippen LogP contribution in [-0.2, 0) is 6.18 Å². The molecule has 0 saturated carbocycles. The number of nitrogens with zero attached hydrogens (tertiary/aromatic N) is 3. The second-order valence-corrected chi connectivity index (χ2v) is 3.76. The average Bonchev–Trinajstić information content (AvgIpc) is 2.78. The summed E-state index contributed by atoms with van der Waals surface area (Å²) in [5.41, 5.74) is -0.112. The van der Waals surface area contributed by atoms with Gasteiger partial charge in [-0.15, -0.1) is 0 Å². The van der Waals surface area contributed by atoms with Crippen molar-refractivity contribution in [3.63, 3.8) is 0 Å². The number of hydrogen-bond acceptors (Lipinski definition) is 3. The second-order valence-electron chi connectivity index (χ2n) is 3.76. The molecule has 2 aromatic rings. The fraction of sp³-hybridized carbons (Fsp3) is 0.273. The summed E-state index contributed by atoms with van der Waals surface area (Å²) in [7, 11) is 0. The molecule has 0 radical (unpaired) electrons. The highest BCUT2D eigenvalue weighted by atomic mass is 19.4. The Balaban J connectivity index is 2.29. The fourth-order valence-corrected chi connectivity index (χ4v) is 1.40. The SMILES string of the molecule is CC(O)c1ccc(-n2ccc(C(F)(F)F)n2)cn1. The van der Waals surface area contributed by atoms with Gasteiger partial charge in [0.2, 0.25) is 0 Å². The van der Waals surface area contributed by atoms with Crippen molar-refractivity contribution in [1.82, 2.24) is 14.8 Å².